The first kappa shape index (κ1) is 17.9. The number of amides is 2. The lowest BCUT2D eigenvalue weighted by molar-refractivity contribution is -0.135. The molecule has 0 aromatic heterocycles. The number of rotatable bonds is 3. The monoisotopic (exact) mass is 345 g/mol. The lowest BCUT2D eigenvalue weighted by Gasteiger charge is -2.45. The quantitative estimate of drug-likeness (QED) is 0.900. The van der Waals surface area contributed by atoms with Crippen molar-refractivity contribution in [3.05, 3.63) is 35.4 Å². The van der Waals surface area contributed by atoms with Crippen molar-refractivity contribution >= 4 is 11.8 Å². The molecule has 2 heterocycles. The fourth-order valence-corrected chi connectivity index (χ4v) is 3.88. The van der Waals surface area contributed by atoms with Gasteiger partial charge in [-0.3, -0.25) is 14.5 Å². The summed E-state index contributed by atoms with van der Waals surface area (Å²) in [5, 5.41) is 2.66. The van der Waals surface area contributed by atoms with Crippen molar-refractivity contribution in [3.8, 4) is 0 Å². The number of carbonyl (C=O) groups is 2. The van der Waals surface area contributed by atoms with Crippen LogP contribution in [0.25, 0.3) is 0 Å². The number of nitrogens with one attached hydrogen (secondary N) is 1. The van der Waals surface area contributed by atoms with Crippen LogP contribution in [0.1, 0.15) is 41.7 Å². The number of carbonyl (C=O) groups excluding carboxylic acids is 2. The van der Waals surface area contributed by atoms with Crippen LogP contribution in [-0.4, -0.2) is 67.6 Å². The van der Waals surface area contributed by atoms with Crippen LogP contribution in [0.2, 0.25) is 0 Å². The zero-order valence-electron chi connectivity index (χ0n) is 15.0. The highest BCUT2D eigenvalue weighted by Crippen LogP contribution is 2.29. The molecule has 6 heteroatoms. The summed E-state index contributed by atoms with van der Waals surface area (Å²) >= 11 is 0. The highest BCUT2D eigenvalue weighted by Gasteiger charge is 2.33. The van der Waals surface area contributed by atoms with Gasteiger partial charge in [0.25, 0.3) is 5.91 Å². The summed E-state index contributed by atoms with van der Waals surface area (Å²) in [6.07, 6.45) is 2.09. The van der Waals surface area contributed by atoms with E-state index in [4.69, 9.17) is 4.74 Å². The van der Waals surface area contributed by atoms with Gasteiger partial charge in [-0.25, -0.2) is 0 Å². The van der Waals surface area contributed by atoms with E-state index < -0.39 is 0 Å². The number of hydrogen-bond donors (Lipinski definition) is 1. The SMILES string of the molecule is CNC(=O)c1cccc([C@H]2CN(C3CCOCC3)CCN2C(C)=O)c1. The predicted octanol–water partition coefficient (Wildman–Crippen LogP) is 1.43. The second-order valence-electron chi connectivity index (χ2n) is 6.77. The Morgan fingerprint density at radius 1 is 1.20 bits per heavy atom. The Hall–Kier alpha value is -1.92. The zero-order valence-corrected chi connectivity index (χ0v) is 15.0. The summed E-state index contributed by atoms with van der Waals surface area (Å²) < 4.78 is 5.48. The van der Waals surface area contributed by atoms with Crippen molar-refractivity contribution in [2.45, 2.75) is 31.8 Å². The molecule has 2 aliphatic rings. The minimum Gasteiger partial charge on any atom is -0.381 e. The van der Waals surface area contributed by atoms with Crippen molar-refractivity contribution in [2.75, 3.05) is 39.9 Å². The molecule has 3 rings (SSSR count). The van der Waals surface area contributed by atoms with Gasteiger partial charge < -0.3 is 15.0 Å². The van der Waals surface area contributed by atoms with Crippen LogP contribution < -0.4 is 5.32 Å². The van der Waals surface area contributed by atoms with Crippen LogP contribution in [0.5, 0.6) is 0 Å². The second kappa shape index (κ2) is 7.97. The molecule has 2 fully saturated rings. The summed E-state index contributed by atoms with van der Waals surface area (Å²) in [5.74, 6) is -0.0182. The Labute approximate surface area is 149 Å². The fraction of sp³-hybridized carbons (Fsp3) is 0.579. The third-order valence-electron chi connectivity index (χ3n) is 5.28. The average molecular weight is 345 g/mol. The molecule has 1 N–H and O–H groups in total. The Kier molecular flexibility index (Phi) is 5.71. The molecule has 136 valence electrons. The molecule has 1 atom stereocenters. The Bertz CT molecular complexity index is 628. The van der Waals surface area contributed by atoms with Gasteiger partial charge in [-0.2, -0.15) is 0 Å². The molecule has 1 aromatic carbocycles. The number of benzene rings is 1. The van der Waals surface area contributed by atoms with E-state index in [1.54, 1.807) is 20.0 Å². The summed E-state index contributed by atoms with van der Waals surface area (Å²) in [7, 11) is 1.63. The highest BCUT2D eigenvalue weighted by molar-refractivity contribution is 5.94. The topological polar surface area (TPSA) is 61.9 Å². The third-order valence-corrected chi connectivity index (χ3v) is 5.28. The number of nitrogens with zero attached hydrogens (tertiary/aromatic N) is 2. The largest absolute Gasteiger partial charge is 0.381 e. The van der Waals surface area contributed by atoms with Crippen molar-refractivity contribution < 1.29 is 14.3 Å². The van der Waals surface area contributed by atoms with Crippen molar-refractivity contribution in [1.29, 1.82) is 0 Å². The van der Waals surface area contributed by atoms with Crippen LogP contribution in [0.3, 0.4) is 0 Å². The van der Waals surface area contributed by atoms with Crippen LogP contribution in [0.15, 0.2) is 24.3 Å². The van der Waals surface area contributed by atoms with Crippen LogP contribution in [0.4, 0.5) is 0 Å². The van der Waals surface area contributed by atoms with E-state index in [0.29, 0.717) is 11.6 Å². The lowest BCUT2D eigenvalue weighted by atomic mass is 9.97. The summed E-state index contributed by atoms with van der Waals surface area (Å²) in [5.41, 5.74) is 1.65. The van der Waals surface area contributed by atoms with Gasteiger partial charge in [-0.1, -0.05) is 12.1 Å². The molecule has 25 heavy (non-hydrogen) atoms. The molecule has 6 nitrogen and oxygen atoms in total. The van der Waals surface area contributed by atoms with Crippen molar-refractivity contribution in [2.24, 2.45) is 0 Å². The molecule has 2 amide bonds. The average Bonchev–Trinajstić information content (AvgIpc) is 2.67. The molecule has 0 saturated carbocycles. The van der Waals surface area contributed by atoms with Gasteiger partial charge in [0, 0.05) is 58.4 Å². The van der Waals surface area contributed by atoms with E-state index >= 15 is 0 Å². The number of ether oxygens (including phenoxy) is 1. The van der Waals surface area contributed by atoms with Crippen molar-refractivity contribution in [3.63, 3.8) is 0 Å². The van der Waals surface area contributed by atoms with Gasteiger partial charge in [-0.15, -0.1) is 0 Å². The zero-order chi connectivity index (χ0) is 17.8. The van der Waals surface area contributed by atoms with E-state index in [0.717, 1.165) is 51.3 Å². The van der Waals surface area contributed by atoms with Gasteiger partial charge >= 0.3 is 0 Å². The van der Waals surface area contributed by atoms with Gasteiger partial charge in [0.05, 0.1) is 6.04 Å². The number of hydrogen-bond acceptors (Lipinski definition) is 4. The van der Waals surface area contributed by atoms with Gasteiger partial charge in [0.2, 0.25) is 5.91 Å². The molecule has 2 aliphatic heterocycles. The van der Waals surface area contributed by atoms with E-state index in [1.807, 2.05) is 23.1 Å². The minimum atomic E-state index is -0.103. The van der Waals surface area contributed by atoms with Crippen LogP contribution in [0, 0.1) is 0 Å². The molecule has 2 saturated heterocycles. The standard InChI is InChI=1S/C19H27N3O3/c1-14(23)22-9-8-21(17-6-10-25-11-7-17)13-18(22)15-4-3-5-16(12-15)19(24)20-2/h3-5,12,17-18H,6-11,13H2,1-2H3,(H,20,24)/t18-/m1/s1. The lowest BCUT2D eigenvalue weighted by Crippen LogP contribution is -2.54. The van der Waals surface area contributed by atoms with Crippen molar-refractivity contribution in [1.82, 2.24) is 15.1 Å². The molecule has 0 bridgehead atoms. The summed E-state index contributed by atoms with van der Waals surface area (Å²) in [6.45, 7) is 5.68. The van der Waals surface area contributed by atoms with Gasteiger partial charge in [0.15, 0.2) is 0 Å². The molecule has 0 unspecified atom stereocenters. The Morgan fingerprint density at radius 2 is 1.96 bits per heavy atom. The summed E-state index contributed by atoms with van der Waals surface area (Å²) in [4.78, 5) is 28.5. The highest BCUT2D eigenvalue weighted by atomic mass is 16.5. The smallest absolute Gasteiger partial charge is 0.251 e. The first-order chi connectivity index (χ1) is 12.1. The maximum atomic E-state index is 12.1. The maximum absolute atomic E-state index is 12.1. The molecular formula is C19H27N3O3. The van der Waals surface area contributed by atoms with Gasteiger partial charge in [0.1, 0.15) is 0 Å². The first-order valence-electron chi connectivity index (χ1n) is 9.01. The normalized spacial score (nSPS) is 22.6. The third kappa shape index (κ3) is 4.02. The number of piperazine rings is 1. The molecular weight excluding hydrogens is 318 g/mol. The molecule has 0 aliphatic carbocycles. The molecule has 0 radical (unpaired) electrons. The van der Waals surface area contributed by atoms with E-state index in [-0.39, 0.29) is 17.9 Å². The molecule has 0 spiro atoms. The van der Waals surface area contributed by atoms with Crippen LogP contribution in [-0.2, 0) is 9.53 Å². The Morgan fingerprint density at radius 3 is 2.64 bits per heavy atom. The Balaban J connectivity index is 1.83. The van der Waals surface area contributed by atoms with E-state index in [2.05, 4.69) is 10.2 Å². The fourth-order valence-electron chi connectivity index (χ4n) is 3.88. The first-order valence-corrected chi connectivity index (χ1v) is 9.01. The summed E-state index contributed by atoms with van der Waals surface area (Å²) in [6, 6.07) is 8.13. The molecule has 1 aromatic rings. The van der Waals surface area contributed by atoms with E-state index in [9.17, 15) is 9.59 Å². The minimum absolute atomic E-state index is 0.0151. The van der Waals surface area contributed by atoms with Gasteiger partial charge in [-0.05, 0) is 30.5 Å². The second-order valence-corrected chi connectivity index (χ2v) is 6.77. The maximum Gasteiger partial charge on any atom is 0.251 e. The van der Waals surface area contributed by atoms with Crippen LogP contribution >= 0.6 is 0 Å². The predicted molar refractivity (Wildman–Crippen MR) is 95.4 cm³/mol. The van der Waals surface area contributed by atoms with E-state index in [1.165, 1.54) is 0 Å².